The van der Waals surface area contributed by atoms with Crippen LogP contribution in [0.2, 0.25) is 0 Å². The zero-order chi connectivity index (χ0) is 26.9. The van der Waals surface area contributed by atoms with Gasteiger partial charge >= 0.3 is 6.03 Å². The predicted molar refractivity (Wildman–Crippen MR) is 149 cm³/mol. The Morgan fingerprint density at radius 3 is 2.42 bits per heavy atom. The molecule has 1 saturated carbocycles. The summed E-state index contributed by atoms with van der Waals surface area (Å²) in [5, 5.41) is 5.78. The molecule has 5 amide bonds. The van der Waals surface area contributed by atoms with Gasteiger partial charge < -0.3 is 15.5 Å². The minimum absolute atomic E-state index is 0.0317. The van der Waals surface area contributed by atoms with Crippen LogP contribution >= 0.6 is 15.9 Å². The van der Waals surface area contributed by atoms with Crippen LogP contribution < -0.4 is 10.6 Å². The molecule has 202 valence electrons. The number of urea groups is 1. The van der Waals surface area contributed by atoms with Crippen LogP contribution in [0.25, 0.3) is 0 Å². The van der Waals surface area contributed by atoms with Crippen molar-refractivity contribution < 1.29 is 19.2 Å². The highest BCUT2D eigenvalue weighted by molar-refractivity contribution is 9.10. The van der Waals surface area contributed by atoms with Gasteiger partial charge in [0.1, 0.15) is 6.54 Å². The van der Waals surface area contributed by atoms with Crippen LogP contribution in [0.1, 0.15) is 50.5 Å². The zero-order valence-electron chi connectivity index (χ0n) is 21.5. The Balaban J connectivity index is 1.27. The zero-order valence-corrected chi connectivity index (χ0v) is 23.1. The van der Waals surface area contributed by atoms with Crippen molar-refractivity contribution in [1.29, 1.82) is 0 Å². The summed E-state index contributed by atoms with van der Waals surface area (Å²) >= 11 is 3.38. The molecule has 1 heterocycles. The fraction of sp³-hybridized carbons (Fsp3) is 0.448. The van der Waals surface area contributed by atoms with E-state index in [1.807, 2.05) is 42.5 Å². The fourth-order valence-corrected chi connectivity index (χ4v) is 5.54. The molecule has 8 nitrogen and oxygen atoms in total. The maximum absolute atomic E-state index is 13.4. The highest BCUT2D eigenvalue weighted by atomic mass is 79.9. The fourth-order valence-electron chi connectivity index (χ4n) is 5.28. The molecule has 0 radical (unpaired) electrons. The van der Waals surface area contributed by atoms with E-state index in [1.54, 1.807) is 17.0 Å². The van der Waals surface area contributed by atoms with Crippen LogP contribution in [0, 0.1) is 5.92 Å². The number of fused-ring (bicyclic) bond motifs is 1. The van der Waals surface area contributed by atoms with Gasteiger partial charge in [-0.25, -0.2) is 4.79 Å². The molecule has 2 aliphatic rings. The summed E-state index contributed by atoms with van der Waals surface area (Å²) in [5.41, 5.74) is 1.82. The van der Waals surface area contributed by atoms with Gasteiger partial charge in [-0.1, -0.05) is 59.1 Å². The Kier molecular flexibility index (Phi) is 9.92. The molecule has 0 aromatic heterocycles. The molecule has 1 aliphatic heterocycles. The molecular formula is C29H35BrN4O4. The second kappa shape index (κ2) is 13.6. The number of imide groups is 1. The summed E-state index contributed by atoms with van der Waals surface area (Å²) in [4.78, 5) is 54.5. The Hall–Kier alpha value is -3.20. The lowest BCUT2D eigenvalue weighted by Crippen LogP contribution is -2.63. The summed E-state index contributed by atoms with van der Waals surface area (Å²) in [7, 11) is 0. The third-order valence-corrected chi connectivity index (χ3v) is 7.77. The first-order valence-electron chi connectivity index (χ1n) is 13.4. The van der Waals surface area contributed by atoms with Gasteiger partial charge in [-0.3, -0.25) is 19.3 Å². The van der Waals surface area contributed by atoms with Gasteiger partial charge in [0.15, 0.2) is 0 Å². The van der Waals surface area contributed by atoms with Gasteiger partial charge in [0.05, 0.1) is 5.92 Å². The van der Waals surface area contributed by atoms with Crippen molar-refractivity contribution in [3.05, 3.63) is 64.6 Å². The summed E-state index contributed by atoms with van der Waals surface area (Å²) in [5.74, 6) is -0.734. The molecule has 2 aromatic rings. The van der Waals surface area contributed by atoms with Crippen molar-refractivity contribution >= 4 is 45.4 Å². The van der Waals surface area contributed by atoms with Crippen LogP contribution in [0.4, 0.5) is 10.5 Å². The topological polar surface area (TPSA) is 98.8 Å². The highest BCUT2D eigenvalue weighted by Crippen LogP contribution is 2.34. The second-order valence-corrected chi connectivity index (χ2v) is 10.9. The number of rotatable bonds is 11. The molecule has 0 spiro atoms. The quantitative estimate of drug-likeness (QED) is 0.374. The van der Waals surface area contributed by atoms with E-state index in [2.05, 4.69) is 26.6 Å². The van der Waals surface area contributed by atoms with Gasteiger partial charge in [-0.05, 0) is 61.9 Å². The monoisotopic (exact) mass is 582 g/mol. The van der Waals surface area contributed by atoms with E-state index in [4.69, 9.17) is 0 Å². The van der Waals surface area contributed by atoms with Crippen molar-refractivity contribution in [3.63, 3.8) is 0 Å². The van der Waals surface area contributed by atoms with Crippen LogP contribution in [-0.2, 0) is 20.8 Å². The normalized spacial score (nSPS) is 19.2. The third kappa shape index (κ3) is 7.43. The smallest absolute Gasteiger partial charge is 0.327 e. The molecule has 1 aliphatic carbocycles. The highest BCUT2D eigenvalue weighted by Gasteiger charge is 2.47. The van der Waals surface area contributed by atoms with Crippen molar-refractivity contribution in [2.24, 2.45) is 5.92 Å². The SMILES string of the molecule is O=C(CCCCN1C(=O)C2CCCCC2N(CC(=O)Nc2ccc(Br)cc2)C1=O)NCCc1ccccc1. The minimum Gasteiger partial charge on any atom is -0.356 e. The third-order valence-electron chi connectivity index (χ3n) is 7.25. The van der Waals surface area contributed by atoms with E-state index in [0.717, 1.165) is 36.6 Å². The van der Waals surface area contributed by atoms with E-state index < -0.39 is 6.03 Å². The molecule has 0 bridgehead atoms. The average Bonchev–Trinajstić information content (AvgIpc) is 2.92. The number of nitrogens with one attached hydrogen (secondary N) is 2. The lowest BCUT2D eigenvalue weighted by molar-refractivity contribution is -0.141. The van der Waals surface area contributed by atoms with Crippen LogP contribution in [0.3, 0.4) is 0 Å². The first-order valence-corrected chi connectivity index (χ1v) is 14.2. The van der Waals surface area contributed by atoms with E-state index in [0.29, 0.717) is 31.5 Å². The molecule has 38 heavy (non-hydrogen) atoms. The van der Waals surface area contributed by atoms with Crippen molar-refractivity contribution in [2.45, 2.75) is 57.4 Å². The Bertz CT molecular complexity index is 1130. The Morgan fingerprint density at radius 2 is 1.66 bits per heavy atom. The molecule has 9 heteroatoms. The minimum atomic E-state index is -0.406. The van der Waals surface area contributed by atoms with Crippen LogP contribution in [-0.4, -0.2) is 59.2 Å². The summed E-state index contributed by atoms with van der Waals surface area (Å²) in [6.07, 6.45) is 5.56. The standard InChI is InChI=1S/C29H35BrN4O4/c30-22-13-15-23(16-14-22)32-27(36)20-34-25-11-5-4-10-24(25)28(37)33(29(34)38)19-7-6-12-26(35)31-18-17-21-8-2-1-3-9-21/h1-3,8-9,13-16,24-25H,4-7,10-12,17-20H2,(H,31,35)(H,32,36). The first kappa shape index (κ1) is 27.8. The number of benzene rings is 2. The van der Waals surface area contributed by atoms with E-state index in [-0.39, 0.29) is 42.8 Å². The summed E-state index contributed by atoms with van der Waals surface area (Å²) < 4.78 is 0.908. The number of halogens is 1. The molecular weight excluding hydrogens is 548 g/mol. The number of carbonyl (C=O) groups is 4. The number of unbranched alkanes of at least 4 members (excludes halogenated alkanes) is 1. The average molecular weight is 584 g/mol. The number of amides is 5. The second-order valence-electron chi connectivity index (χ2n) is 9.96. The molecule has 2 N–H and O–H groups in total. The number of hydrogen-bond donors (Lipinski definition) is 2. The van der Waals surface area contributed by atoms with Crippen LogP contribution in [0.15, 0.2) is 59.1 Å². The maximum atomic E-state index is 13.4. The van der Waals surface area contributed by atoms with Crippen molar-refractivity contribution in [1.82, 2.24) is 15.1 Å². The number of anilines is 1. The number of hydrogen-bond acceptors (Lipinski definition) is 4. The summed E-state index contributed by atoms with van der Waals surface area (Å²) in [6.45, 7) is 0.735. The molecule has 1 saturated heterocycles. The van der Waals surface area contributed by atoms with Gasteiger partial charge in [-0.15, -0.1) is 0 Å². The summed E-state index contributed by atoms with van der Waals surface area (Å²) in [6, 6.07) is 16.6. The van der Waals surface area contributed by atoms with Crippen molar-refractivity contribution in [3.8, 4) is 0 Å². The molecule has 2 unspecified atom stereocenters. The first-order chi connectivity index (χ1) is 18.4. The van der Waals surface area contributed by atoms with Crippen molar-refractivity contribution in [2.75, 3.05) is 25.0 Å². The predicted octanol–water partition coefficient (Wildman–Crippen LogP) is 4.74. The van der Waals surface area contributed by atoms with E-state index in [9.17, 15) is 19.2 Å². The van der Waals surface area contributed by atoms with E-state index in [1.165, 1.54) is 10.5 Å². The lowest BCUT2D eigenvalue weighted by Gasteiger charge is -2.46. The van der Waals surface area contributed by atoms with Crippen LogP contribution in [0.5, 0.6) is 0 Å². The maximum Gasteiger partial charge on any atom is 0.327 e. The number of carbonyl (C=O) groups excluding carboxylic acids is 4. The Morgan fingerprint density at radius 1 is 0.921 bits per heavy atom. The largest absolute Gasteiger partial charge is 0.356 e. The Labute approximate surface area is 232 Å². The van der Waals surface area contributed by atoms with Gasteiger partial charge in [-0.2, -0.15) is 0 Å². The lowest BCUT2D eigenvalue weighted by atomic mass is 9.81. The number of nitrogens with zero attached hydrogens (tertiary/aromatic N) is 2. The molecule has 2 aromatic carbocycles. The van der Waals surface area contributed by atoms with Gasteiger partial charge in [0.25, 0.3) is 0 Å². The van der Waals surface area contributed by atoms with Gasteiger partial charge in [0, 0.05) is 35.7 Å². The molecule has 2 atom stereocenters. The van der Waals surface area contributed by atoms with Gasteiger partial charge in [0.2, 0.25) is 17.7 Å². The van der Waals surface area contributed by atoms with E-state index >= 15 is 0 Å². The molecule has 2 fully saturated rings. The molecule has 4 rings (SSSR count).